The molecule has 0 saturated carbocycles. The molecule has 0 spiro atoms. The first-order valence-corrected chi connectivity index (χ1v) is 10.5. The third-order valence-corrected chi connectivity index (χ3v) is 5.53. The Hall–Kier alpha value is -3.05. The zero-order chi connectivity index (χ0) is 20.8. The number of nitrogens with one attached hydrogen (secondary N) is 1. The van der Waals surface area contributed by atoms with Gasteiger partial charge in [-0.1, -0.05) is 36.9 Å². The molecule has 2 aromatic carbocycles. The zero-order valence-corrected chi connectivity index (χ0v) is 17.5. The largest absolute Gasteiger partial charge is 0.493 e. The number of para-hydroxylation sites is 1. The van der Waals surface area contributed by atoms with Gasteiger partial charge in [0.25, 0.3) is 0 Å². The third-order valence-electron chi connectivity index (χ3n) is 5.53. The highest BCUT2D eigenvalue weighted by Crippen LogP contribution is 2.29. The minimum atomic E-state index is 0.456. The summed E-state index contributed by atoms with van der Waals surface area (Å²) in [5, 5.41) is 4.80. The predicted molar refractivity (Wildman–Crippen MR) is 122 cm³/mol. The van der Waals surface area contributed by atoms with Crippen LogP contribution in [0.25, 0.3) is 10.9 Å². The molecular weight excluding hydrogens is 374 g/mol. The van der Waals surface area contributed by atoms with Gasteiger partial charge in [-0.2, -0.15) is 0 Å². The molecule has 1 aliphatic heterocycles. The molecule has 1 N–H and O–H groups in total. The van der Waals surface area contributed by atoms with Crippen LogP contribution < -0.4 is 14.8 Å². The molecule has 0 amide bonds. The van der Waals surface area contributed by atoms with E-state index in [1.165, 1.54) is 10.9 Å². The molecule has 0 unspecified atom stereocenters. The molecule has 5 nitrogen and oxygen atoms in total. The lowest BCUT2D eigenvalue weighted by molar-refractivity contribution is 0.210. The Labute approximate surface area is 178 Å². The molecule has 0 bridgehead atoms. The number of pyridine rings is 1. The molecule has 1 saturated heterocycles. The highest BCUT2D eigenvalue weighted by Gasteiger charge is 2.20. The number of piperidine rings is 1. The second kappa shape index (κ2) is 9.63. The summed E-state index contributed by atoms with van der Waals surface area (Å²) in [6.45, 7) is 7.21. The number of anilines is 1. The van der Waals surface area contributed by atoms with Gasteiger partial charge in [-0.05, 0) is 48.7 Å². The topological polar surface area (TPSA) is 46.6 Å². The fraction of sp³-hybridized carbons (Fsp3) is 0.320. The van der Waals surface area contributed by atoms with E-state index in [0.717, 1.165) is 55.3 Å². The van der Waals surface area contributed by atoms with Gasteiger partial charge in [0.15, 0.2) is 11.5 Å². The van der Waals surface area contributed by atoms with E-state index < -0.39 is 0 Å². The molecule has 3 aromatic rings. The standard InChI is InChI=1S/C25H29N3O2/c1-3-16-30-24-17-19(8-10-23(24)29-2)18-28-14-12-21(13-15-28)26-25-11-9-20-6-4-5-7-22(20)27-25/h3-11,17,21H,1,12-16,18H2,2H3,(H,26,27). The molecule has 0 aliphatic carbocycles. The van der Waals surface area contributed by atoms with E-state index >= 15 is 0 Å². The van der Waals surface area contributed by atoms with Crippen molar-refractivity contribution in [3.05, 3.63) is 72.8 Å². The Bertz CT molecular complexity index is 997. The molecule has 1 fully saturated rings. The molecule has 1 aliphatic rings. The van der Waals surface area contributed by atoms with Gasteiger partial charge >= 0.3 is 0 Å². The molecule has 5 heteroatoms. The number of methoxy groups -OCH3 is 1. The van der Waals surface area contributed by atoms with E-state index in [1.807, 2.05) is 18.2 Å². The maximum atomic E-state index is 5.74. The molecule has 0 radical (unpaired) electrons. The summed E-state index contributed by atoms with van der Waals surface area (Å²) in [6, 6.07) is 19.1. The zero-order valence-electron chi connectivity index (χ0n) is 17.5. The van der Waals surface area contributed by atoms with Crippen molar-refractivity contribution in [2.75, 3.05) is 32.1 Å². The van der Waals surface area contributed by atoms with Crippen LogP contribution in [0.2, 0.25) is 0 Å². The van der Waals surface area contributed by atoms with Gasteiger partial charge in [-0.3, -0.25) is 4.90 Å². The van der Waals surface area contributed by atoms with Crippen LogP contribution >= 0.6 is 0 Å². The maximum Gasteiger partial charge on any atom is 0.161 e. The van der Waals surface area contributed by atoms with Gasteiger partial charge in [-0.25, -0.2) is 4.98 Å². The van der Waals surface area contributed by atoms with E-state index in [2.05, 4.69) is 53.2 Å². The van der Waals surface area contributed by atoms with Gasteiger partial charge < -0.3 is 14.8 Å². The minimum absolute atomic E-state index is 0.456. The van der Waals surface area contributed by atoms with Crippen molar-refractivity contribution < 1.29 is 9.47 Å². The summed E-state index contributed by atoms with van der Waals surface area (Å²) < 4.78 is 11.1. The van der Waals surface area contributed by atoms with Crippen LogP contribution in [0.4, 0.5) is 5.82 Å². The van der Waals surface area contributed by atoms with Crippen LogP contribution in [-0.4, -0.2) is 42.7 Å². The summed E-state index contributed by atoms with van der Waals surface area (Å²) in [4.78, 5) is 7.24. The molecule has 156 valence electrons. The van der Waals surface area contributed by atoms with Gasteiger partial charge in [0.2, 0.25) is 0 Å². The van der Waals surface area contributed by atoms with E-state index in [1.54, 1.807) is 13.2 Å². The summed E-state index contributed by atoms with van der Waals surface area (Å²) in [7, 11) is 1.66. The van der Waals surface area contributed by atoms with Crippen LogP contribution in [0.3, 0.4) is 0 Å². The van der Waals surface area contributed by atoms with E-state index in [0.29, 0.717) is 12.6 Å². The molecular formula is C25H29N3O2. The number of hydrogen-bond donors (Lipinski definition) is 1. The fourth-order valence-corrected chi connectivity index (χ4v) is 3.93. The number of rotatable bonds is 8. The first-order chi connectivity index (χ1) is 14.7. The average molecular weight is 404 g/mol. The molecule has 4 rings (SSSR count). The number of aromatic nitrogens is 1. The van der Waals surface area contributed by atoms with Crippen molar-refractivity contribution in [1.29, 1.82) is 0 Å². The number of nitrogens with zero attached hydrogens (tertiary/aromatic N) is 2. The first kappa shape index (κ1) is 20.2. The summed E-state index contributed by atoms with van der Waals surface area (Å²) >= 11 is 0. The minimum Gasteiger partial charge on any atom is -0.493 e. The summed E-state index contributed by atoms with van der Waals surface area (Å²) in [5.74, 6) is 2.49. The Morgan fingerprint density at radius 1 is 1.10 bits per heavy atom. The van der Waals surface area contributed by atoms with E-state index in [4.69, 9.17) is 14.5 Å². The molecule has 0 atom stereocenters. The lowest BCUT2D eigenvalue weighted by atomic mass is 10.0. The normalized spacial score (nSPS) is 15.1. The second-order valence-electron chi connectivity index (χ2n) is 7.67. The Morgan fingerprint density at radius 2 is 1.93 bits per heavy atom. The SMILES string of the molecule is C=CCOc1cc(CN2CCC(Nc3ccc4ccccc4n3)CC2)ccc1OC. The molecule has 1 aromatic heterocycles. The van der Waals surface area contributed by atoms with Gasteiger partial charge in [0.05, 0.1) is 12.6 Å². The number of hydrogen-bond acceptors (Lipinski definition) is 5. The Balaban J connectivity index is 1.32. The molecule has 30 heavy (non-hydrogen) atoms. The lowest BCUT2D eigenvalue weighted by Crippen LogP contribution is -2.38. The van der Waals surface area contributed by atoms with Gasteiger partial charge in [0, 0.05) is 31.1 Å². The van der Waals surface area contributed by atoms with Crippen LogP contribution in [-0.2, 0) is 6.54 Å². The van der Waals surface area contributed by atoms with Crippen LogP contribution in [0.1, 0.15) is 18.4 Å². The highest BCUT2D eigenvalue weighted by molar-refractivity contribution is 5.80. The number of benzene rings is 2. The van der Waals surface area contributed by atoms with Crippen molar-refractivity contribution in [2.24, 2.45) is 0 Å². The second-order valence-corrected chi connectivity index (χ2v) is 7.67. The maximum absolute atomic E-state index is 5.74. The van der Waals surface area contributed by atoms with Crippen LogP contribution in [0.15, 0.2) is 67.3 Å². The number of fused-ring (bicyclic) bond motifs is 1. The van der Waals surface area contributed by atoms with Crippen molar-refractivity contribution in [3.63, 3.8) is 0 Å². The van der Waals surface area contributed by atoms with Crippen molar-refractivity contribution in [1.82, 2.24) is 9.88 Å². The van der Waals surface area contributed by atoms with Gasteiger partial charge in [0.1, 0.15) is 12.4 Å². The monoisotopic (exact) mass is 403 g/mol. The number of likely N-dealkylation sites (tertiary alicyclic amines) is 1. The summed E-state index contributed by atoms with van der Waals surface area (Å²) in [6.07, 6.45) is 3.95. The smallest absolute Gasteiger partial charge is 0.161 e. The molecule has 2 heterocycles. The van der Waals surface area contributed by atoms with Gasteiger partial charge in [-0.15, -0.1) is 0 Å². The highest BCUT2D eigenvalue weighted by atomic mass is 16.5. The van der Waals surface area contributed by atoms with Crippen molar-refractivity contribution in [3.8, 4) is 11.5 Å². The third kappa shape index (κ3) is 4.92. The first-order valence-electron chi connectivity index (χ1n) is 10.5. The average Bonchev–Trinajstić information content (AvgIpc) is 2.79. The van der Waals surface area contributed by atoms with Crippen LogP contribution in [0, 0.1) is 0 Å². The lowest BCUT2D eigenvalue weighted by Gasteiger charge is -2.32. The van der Waals surface area contributed by atoms with E-state index in [-0.39, 0.29) is 0 Å². The van der Waals surface area contributed by atoms with Crippen molar-refractivity contribution in [2.45, 2.75) is 25.4 Å². The summed E-state index contributed by atoms with van der Waals surface area (Å²) in [5.41, 5.74) is 2.27. The number of ether oxygens (including phenoxy) is 2. The Morgan fingerprint density at radius 3 is 2.73 bits per heavy atom. The van der Waals surface area contributed by atoms with Crippen LogP contribution in [0.5, 0.6) is 11.5 Å². The van der Waals surface area contributed by atoms with E-state index in [9.17, 15) is 0 Å². The van der Waals surface area contributed by atoms with Crippen molar-refractivity contribution >= 4 is 16.7 Å². The Kier molecular flexibility index (Phi) is 6.50. The predicted octanol–water partition coefficient (Wildman–Crippen LogP) is 4.88. The fourth-order valence-electron chi connectivity index (χ4n) is 3.93. The quantitative estimate of drug-likeness (QED) is 0.543.